The number of rotatable bonds is 5. The highest BCUT2D eigenvalue weighted by molar-refractivity contribution is 7.17. The number of hydrogen-bond donors (Lipinski definition) is 1. The van der Waals surface area contributed by atoms with E-state index in [9.17, 15) is 4.79 Å². The Bertz CT molecular complexity index is 833. The fourth-order valence-electron chi connectivity index (χ4n) is 4.14. The summed E-state index contributed by atoms with van der Waals surface area (Å²) in [5.74, 6) is 0.707. The molecule has 0 aromatic carbocycles. The maximum Gasteiger partial charge on any atom is 0.341 e. The summed E-state index contributed by atoms with van der Waals surface area (Å²) in [4.78, 5) is 20.3. The highest BCUT2D eigenvalue weighted by Gasteiger charge is 2.27. The van der Waals surface area contributed by atoms with Crippen LogP contribution in [-0.2, 0) is 17.6 Å². The number of amidine groups is 1. The number of anilines is 1. The summed E-state index contributed by atoms with van der Waals surface area (Å²) >= 11 is 3.41. The molecule has 1 fully saturated rings. The number of nitrogens with one attached hydrogen (secondary N) is 1. The Labute approximate surface area is 175 Å². The summed E-state index contributed by atoms with van der Waals surface area (Å²) in [6.07, 6.45) is 10.5. The largest absolute Gasteiger partial charge is 0.462 e. The van der Waals surface area contributed by atoms with Crippen LogP contribution in [0.25, 0.3) is 0 Å². The molecule has 0 saturated heterocycles. The Hall–Kier alpha value is -1.66. The molecule has 0 aliphatic heterocycles. The number of ether oxygens (including phenoxy) is 1. The lowest BCUT2D eigenvalue weighted by molar-refractivity contribution is 0.0526. The fraction of sp³-hybridized carbons (Fsp3) is 0.545. The number of thiophene rings is 2. The van der Waals surface area contributed by atoms with Crippen molar-refractivity contribution in [1.82, 2.24) is 0 Å². The lowest BCUT2D eigenvalue weighted by atomic mass is 9.95. The number of fused-ring (bicyclic) bond motifs is 1. The van der Waals surface area contributed by atoms with Gasteiger partial charge in [0.15, 0.2) is 0 Å². The molecular weight excluding hydrogens is 388 g/mol. The SMILES string of the molecule is CCOC(=O)c1c(NC(=NC2CCCCC2)c2cccs2)sc2c1CCCC2. The normalized spacial score (nSPS) is 18.0. The van der Waals surface area contributed by atoms with E-state index in [0.717, 1.165) is 53.4 Å². The van der Waals surface area contributed by atoms with Crippen LogP contribution in [0.15, 0.2) is 22.5 Å². The minimum Gasteiger partial charge on any atom is -0.462 e. The first-order valence-electron chi connectivity index (χ1n) is 10.5. The first kappa shape index (κ1) is 19.6. The molecule has 2 aliphatic carbocycles. The van der Waals surface area contributed by atoms with Crippen molar-refractivity contribution in [3.05, 3.63) is 38.4 Å². The molecule has 6 heteroatoms. The molecule has 1 N–H and O–H groups in total. The summed E-state index contributed by atoms with van der Waals surface area (Å²) in [5, 5.41) is 6.56. The van der Waals surface area contributed by atoms with Gasteiger partial charge in [-0.25, -0.2) is 4.79 Å². The molecular formula is C22H28N2O2S2. The molecule has 0 radical (unpaired) electrons. The third kappa shape index (κ3) is 4.33. The third-order valence-electron chi connectivity index (χ3n) is 5.52. The second kappa shape index (κ2) is 9.23. The van der Waals surface area contributed by atoms with Gasteiger partial charge in [-0.15, -0.1) is 22.7 Å². The van der Waals surface area contributed by atoms with Gasteiger partial charge >= 0.3 is 5.97 Å². The average Bonchev–Trinajstić information content (AvgIpc) is 3.36. The van der Waals surface area contributed by atoms with Crippen LogP contribution < -0.4 is 5.32 Å². The topological polar surface area (TPSA) is 50.7 Å². The number of nitrogens with zero attached hydrogens (tertiary/aromatic N) is 1. The van der Waals surface area contributed by atoms with Crippen molar-refractivity contribution in [2.75, 3.05) is 11.9 Å². The molecule has 0 bridgehead atoms. The minimum atomic E-state index is -0.201. The Morgan fingerprint density at radius 3 is 2.79 bits per heavy atom. The van der Waals surface area contributed by atoms with Gasteiger partial charge in [0.1, 0.15) is 10.8 Å². The van der Waals surface area contributed by atoms with E-state index in [-0.39, 0.29) is 5.97 Å². The molecule has 1 saturated carbocycles. The third-order valence-corrected chi connectivity index (χ3v) is 7.61. The number of carbonyl (C=O) groups excluding carboxylic acids is 1. The lowest BCUT2D eigenvalue weighted by Gasteiger charge is -2.19. The number of hydrogen-bond acceptors (Lipinski definition) is 5. The molecule has 2 aromatic rings. The van der Waals surface area contributed by atoms with Gasteiger partial charge in [0.05, 0.1) is 23.1 Å². The molecule has 4 rings (SSSR count). The van der Waals surface area contributed by atoms with Crippen LogP contribution in [-0.4, -0.2) is 24.5 Å². The Kier molecular flexibility index (Phi) is 6.47. The van der Waals surface area contributed by atoms with Crippen molar-refractivity contribution >= 4 is 39.5 Å². The Morgan fingerprint density at radius 1 is 1.21 bits per heavy atom. The monoisotopic (exact) mass is 416 g/mol. The van der Waals surface area contributed by atoms with Crippen molar-refractivity contribution < 1.29 is 9.53 Å². The van der Waals surface area contributed by atoms with Gasteiger partial charge in [0, 0.05) is 4.88 Å². The van der Waals surface area contributed by atoms with E-state index in [4.69, 9.17) is 9.73 Å². The molecule has 2 aliphatic rings. The lowest BCUT2D eigenvalue weighted by Crippen LogP contribution is -2.20. The van der Waals surface area contributed by atoms with Gasteiger partial charge in [-0.05, 0) is 62.5 Å². The smallest absolute Gasteiger partial charge is 0.341 e. The van der Waals surface area contributed by atoms with Gasteiger partial charge in [-0.1, -0.05) is 25.3 Å². The number of carbonyl (C=O) groups is 1. The van der Waals surface area contributed by atoms with Crippen LogP contribution in [0.1, 0.15) is 77.5 Å². The zero-order valence-electron chi connectivity index (χ0n) is 16.5. The second-order valence-electron chi connectivity index (χ2n) is 7.51. The zero-order valence-corrected chi connectivity index (χ0v) is 18.1. The van der Waals surface area contributed by atoms with Crippen LogP contribution in [0.2, 0.25) is 0 Å². The van der Waals surface area contributed by atoms with Crippen LogP contribution in [0.5, 0.6) is 0 Å². The summed E-state index contributed by atoms with van der Waals surface area (Å²) in [5.41, 5.74) is 1.94. The molecule has 2 heterocycles. The highest BCUT2D eigenvalue weighted by Crippen LogP contribution is 2.39. The van der Waals surface area contributed by atoms with Gasteiger partial charge < -0.3 is 10.1 Å². The molecule has 2 aromatic heterocycles. The molecule has 0 amide bonds. The number of esters is 1. The minimum absolute atomic E-state index is 0.201. The summed E-state index contributed by atoms with van der Waals surface area (Å²) in [6, 6.07) is 4.54. The molecule has 0 atom stereocenters. The first-order chi connectivity index (χ1) is 13.8. The maximum atomic E-state index is 12.8. The van der Waals surface area contributed by atoms with Gasteiger partial charge in [-0.3, -0.25) is 4.99 Å². The number of aryl methyl sites for hydroxylation is 1. The van der Waals surface area contributed by atoms with Crippen molar-refractivity contribution in [2.24, 2.45) is 4.99 Å². The van der Waals surface area contributed by atoms with E-state index < -0.39 is 0 Å². The second-order valence-corrected chi connectivity index (χ2v) is 9.56. The Balaban J connectivity index is 1.69. The van der Waals surface area contributed by atoms with E-state index in [0.29, 0.717) is 12.6 Å². The molecule has 28 heavy (non-hydrogen) atoms. The standard InChI is InChI=1S/C22H28N2O2S2/c1-2-26-22(25)19-16-11-6-7-12-17(16)28-21(19)24-20(18-13-8-14-27-18)23-15-9-4-3-5-10-15/h8,13-15H,2-7,9-12H2,1H3,(H,23,24). The number of aliphatic imine (C=N–C) groups is 1. The molecule has 150 valence electrons. The van der Waals surface area contributed by atoms with E-state index in [1.165, 1.54) is 36.1 Å². The summed E-state index contributed by atoms with van der Waals surface area (Å²) < 4.78 is 5.41. The van der Waals surface area contributed by atoms with E-state index in [2.05, 4.69) is 22.8 Å². The molecule has 4 nitrogen and oxygen atoms in total. The average molecular weight is 417 g/mol. The predicted molar refractivity (Wildman–Crippen MR) is 118 cm³/mol. The highest BCUT2D eigenvalue weighted by atomic mass is 32.1. The summed E-state index contributed by atoms with van der Waals surface area (Å²) in [6.45, 7) is 2.27. The van der Waals surface area contributed by atoms with Crippen molar-refractivity contribution in [1.29, 1.82) is 0 Å². The Morgan fingerprint density at radius 2 is 2.04 bits per heavy atom. The van der Waals surface area contributed by atoms with Crippen molar-refractivity contribution in [3.63, 3.8) is 0 Å². The zero-order chi connectivity index (χ0) is 19.3. The van der Waals surface area contributed by atoms with Gasteiger partial charge in [0.25, 0.3) is 0 Å². The van der Waals surface area contributed by atoms with Crippen LogP contribution in [0.4, 0.5) is 5.00 Å². The van der Waals surface area contributed by atoms with Gasteiger partial charge in [0.2, 0.25) is 0 Å². The van der Waals surface area contributed by atoms with E-state index in [1.807, 2.05) is 6.92 Å². The van der Waals surface area contributed by atoms with Crippen LogP contribution in [0.3, 0.4) is 0 Å². The molecule has 0 spiro atoms. The fourth-order valence-corrected chi connectivity index (χ4v) is 6.10. The molecule has 0 unspecified atom stereocenters. The quantitative estimate of drug-likeness (QED) is 0.366. The summed E-state index contributed by atoms with van der Waals surface area (Å²) in [7, 11) is 0. The maximum absolute atomic E-state index is 12.8. The van der Waals surface area contributed by atoms with Crippen LogP contribution in [0, 0.1) is 0 Å². The predicted octanol–water partition coefficient (Wildman–Crippen LogP) is 6.06. The van der Waals surface area contributed by atoms with E-state index in [1.54, 1.807) is 22.7 Å². The van der Waals surface area contributed by atoms with Gasteiger partial charge in [-0.2, -0.15) is 0 Å². The van der Waals surface area contributed by atoms with Crippen LogP contribution >= 0.6 is 22.7 Å². The van der Waals surface area contributed by atoms with Crippen molar-refractivity contribution in [3.8, 4) is 0 Å². The van der Waals surface area contributed by atoms with Crippen molar-refractivity contribution in [2.45, 2.75) is 70.8 Å². The van der Waals surface area contributed by atoms with E-state index >= 15 is 0 Å². The first-order valence-corrected chi connectivity index (χ1v) is 12.2.